The van der Waals surface area contributed by atoms with Crippen molar-refractivity contribution in [2.75, 3.05) is 7.11 Å². The van der Waals surface area contributed by atoms with Crippen molar-refractivity contribution >= 4 is 23.0 Å². The van der Waals surface area contributed by atoms with Crippen LogP contribution in [-0.2, 0) is 0 Å². The minimum absolute atomic E-state index is 0.101. The first kappa shape index (κ1) is 11.1. The molecule has 0 saturated heterocycles. The summed E-state index contributed by atoms with van der Waals surface area (Å²) in [4.78, 5) is 12.4. The van der Waals surface area contributed by atoms with Gasteiger partial charge in [-0.3, -0.25) is 10.1 Å². The van der Waals surface area contributed by atoms with E-state index in [9.17, 15) is 10.1 Å². The van der Waals surface area contributed by atoms with Gasteiger partial charge in [0.2, 0.25) is 0 Å². The topological polar surface area (TPSA) is 101 Å². The Balaban J connectivity index is 3.41. The highest BCUT2D eigenvalue weighted by molar-refractivity contribution is 6.33. The van der Waals surface area contributed by atoms with Gasteiger partial charge in [-0.1, -0.05) is 16.7 Å². The molecule has 0 aliphatic carbocycles. The van der Waals surface area contributed by atoms with Gasteiger partial charge >= 0.3 is 0 Å². The van der Waals surface area contributed by atoms with Crippen molar-refractivity contribution < 1.29 is 9.66 Å². The molecule has 78 valence electrons. The molecule has 0 aromatic heterocycles. The van der Waals surface area contributed by atoms with Crippen LogP contribution in [0.3, 0.4) is 0 Å². The van der Waals surface area contributed by atoms with Crippen LogP contribution in [-0.4, -0.2) is 12.0 Å². The third-order valence-corrected chi connectivity index (χ3v) is 1.90. The molecule has 0 fully saturated rings. The molecule has 0 spiro atoms. The van der Waals surface area contributed by atoms with Gasteiger partial charge in [0.25, 0.3) is 5.69 Å². The van der Waals surface area contributed by atoms with Gasteiger partial charge in [0.1, 0.15) is 10.8 Å². The number of hydrogen-bond acceptors (Lipinski definition) is 4. The maximum Gasteiger partial charge on any atom is 0.291 e. The summed E-state index contributed by atoms with van der Waals surface area (Å²) in [6.07, 6.45) is 0. The van der Waals surface area contributed by atoms with E-state index in [0.717, 1.165) is 6.07 Å². The van der Waals surface area contributed by atoms with Crippen molar-refractivity contribution in [3.8, 4) is 5.75 Å². The second-order valence-corrected chi connectivity index (χ2v) is 2.83. The number of halogens is 1. The molecular weight excluding hydrogens is 224 g/mol. The molecule has 0 saturated carbocycles. The van der Waals surface area contributed by atoms with Gasteiger partial charge in [-0.25, -0.2) is 0 Å². The highest BCUT2D eigenvalue weighted by Gasteiger charge is 2.16. The molecule has 0 radical (unpaired) electrons. The molecule has 0 heterocycles. The molecule has 0 bridgehead atoms. The monoisotopic (exact) mass is 228 g/mol. The summed E-state index contributed by atoms with van der Waals surface area (Å²) in [5, 5.41) is 13.7. The third-order valence-electron chi connectivity index (χ3n) is 1.60. The molecule has 0 unspecified atom stereocenters. The second kappa shape index (κ2) is 4.50. The van der Waals surface area contributed by atoms with E-state index in [1.54, 1.807) is 0 Å². The van der Waals surface area contributed by atoms with Crippen LogP contribution >= 0.6 is 11.6 Å². The summed E-state index contributed by atoms with van der Waals surface area (Å²) in [6, 6.07) is 2.28. The van der Waals surface area contributed by atoms with Gasteiger partial charge in [0.15, 0.2) is 0 Å². The molecule has 0 aliphatic heterocycles. The number of nitro benzene ring substituents is 1. The van der Waals surface area contributed by atoms with E-state index in [2.05, 4.69) is 10.0 Å². The predicted molar refractivity (Wildman–Crippen MR) is 53.5 cm³/mol. The normalized spacial score (nSPS) is 9.20. The molecule has 15 heavy (non-hydrogen) atoms. The number of nitrogens with zero attached hydrogens (tertiary/aromatic N) is 4. The largest absolute Gasteiger partial charge is 0.496 e. The van der Waals surface area contributed by atoms with Gasteiger partial charge in [0, 0.05) is 4.91 Å². The lowest BCUT2D eigenvalue weighted by molar-refractivity contribution is -0.384. The maximum atomic E-state index is 10.5. The number of benzene rings is 1. The minimum Gasteiger partial charge on any atom is -0.496 e. The summed E-state index contributed by atoms with van der Waals surface area (Å²) in [7, 11) is 1.31. The fourth-order valence-corrected chi connectivity index (χ4v) is 1.19. The van der Waals surface area contributed by atoms with Gasteiger partial charge in [0.05, 0.1) is 23.8 Å². The number of nitro groups is 1. The van der Waals surface area contributed by atoms with Crippen LogP contribution in [0.15, 0.2) is 17.2 Å². The molecule has 1 aromatic carbocycles. The average molecular weight is 229 g/mol. The quantitative estimate of drug-likeness (QED) is 0.261. The average Bonchev–Trinajstić information content (AvgIpc) is 2.18. The standard InChI is InChI=1S/C7H5ClN4O3/c1-15-7-3-6(12(13)14)4(8)2-5(7)10-11-9/h2-3H,1H3. The van der Waals surface area contributed by atoms with Crippen LogP contribution in [0.5, 0.6) is 5.75 Å². The number of rotatable bonds is 3. The fraction of sp³-hybridized carbons (Fsp3) is 0.143. The van der Waals surface area contributed by atoms with Crippen LogP contribution in [0.25, 0.3) is 10.4 Å². The summed E-state index contributed by atoms with van der Waals surface area (Å²) >= 11 is 5.61. The van der Waals surface area contributed by atoms with Crippen molar-refractivity contribution in [2.45, 2.75) is 0 Å². The van der Waals surface area contributed by atoms with Crippen molar-refractivity contribution in [3.05, 3.63) is 37.7 Å². The first-order chi connectivity index (χ1) is 7.10. The van der Waals surface area contributed by atoms with E-state index < -0.39 is 4.92 Å². The molecule has 8 heteroatoms. The van der Waals surface area contributed by atoms with E-state index in [0.29, 0.717) is 0 Å². The summed E-state index contributed by atoms with van der Waals surface area (Å²) in [6.45, 7) is 0. The summed E-state index contributed by atoms with van der Waals surface area (Å²) < 4.78 is 4.82. The van der Waals surface area contributed by atoms with Crippen LogP contribution in [0.1, 0.15) is 0 Å². The molecule has 1 aromatic rings. The van der Waals surface area contributed by atoms with Crippen molar-refractivity contribution in [1.29, 1.82) is 0 Å². The van der Waals surface area contributed by atoms with Crippen molar-refractivity contribution in [1.82, 2.24) is 0 Å². The Morgan fingerprint density at radius 2 is 2.33 bits per heavy atom. The lowest BCUT2D eigenvalue weighted by Crippen LogP contribution is -1.91. The smallest absolute Gasteiger partial charge is 0.291 e. The highest BCUT2D eigenvalue weighted by atomic mass is 35.5. The van der Waals surface area contributed by atoms with E-state index >= 15 is 0 Å². The van der Waals surface area contributed by atoms with E-state index in [1.807, 2.05) is 0 Å². The van der Waals surface area contributed by atoms with E-state index in [-0.39, 0.29) is 22.1 Å². The number of ether oxygens (including phenoxy) is 1. The highest BCUT2D eigenvalue weighted by Crippen LogP contribution is 2.37. The van der Waals surface area contributed by atoms with Gasteiger partial charge in [-0.2, -0.15) is 0 Å². The fourth-order valence-electron chi connectivity index (χ4n) is 0.962. The first-order valence-corrected chi connectivity index (χ1v) is 4.05. The number of hydrogen-bond donors (Lipinski definition) is 0. The second-order valence-electron chi connectivity index (χ2n) is 2.42. The van der Waals surface area contributed by atoms with Crippen LogP contribution in [0.4, 0.5) is 11.4 Å². The SMILES string of the molecule is COc1cc([N+](=O)[O-])c(Cl)cc1N=[N+]=[N-]. The molecule has 0 aliphatic rings. The molecule has 1 rings (SSSR count). The molecule has 0 atom stereocenters. The van der Waals surface area contributed by atoms with E-state index in [4.69, 9.17) is 21.9 Å². The zero-order valence-corrected chi connectivity index (χ0v) is 8.30. The lowest BCUT2D eigenvalue weighted by Gasteiger charge is -2.04. The van der Waals surface area contributed by atoms with Crippen LogP contribution in [0, 0.1) is 10.1 Å². The van der Waals surface area contributed by atoms with Gasteiger partial charge < -0.3 is 4.74 Å². The Labute approximate surface area is 89.0 Å². The van der Waals surface area contributed by atoms with E-state index in [1.165, 1.54) is 13.2 Å². The third kappa shape index (κ3) is 2.28. The predicted octanol–water partition coefficient (Wildman–Crippen LogP) is 3.20. The molecule has 7 nitrogen and oxygen atoms in total. The lowest BCUT2D eigenvalue weighted by atomic mass is 10.2. The van der Waals surface area contributed by atoms with Crippen molar-refractivity contribution in [3.63, 3.8) is 0 Å². The zero-order valence-electron chi connectivity index (χ0n) is 7.55. The number of azide groups is 1. The number of methoxy groups -OCH3 is 1. The molecular formula is C7H5ClN4O3. The van der Waals surface area contributed by atoms with Gasteiger partial charge in [-0.15, -0.1) is 0 Å². The Morgan fingerprint density at radius 1 is 1.67 bits per heavy atom. The van der Waals surface area contributed by atoms with Gasteiger partial charge in [-0.05, 0) is 11.6 Å². The van der Waals surface area contributed by atoms with Crippen molar-refractivity contribution in [2.24, 2.45) is 5.11 Å². The summed E-state index contributed by atoms with van der Waals surface area (Å²) in [5.41, 5.74) is 8.04. The Kier molecular flexibility index (Phi) is 3.33. The first-order valence-electron chi connectivity index (χ1n) is 3.67. The Morgan fingerprint density at radius 3 is 2.80 bits per heavy atom. The maximum absolute atomic E-state index is 10.5. The molecule has 0 N–H and O–H groups in total. The minimum atomic E-state index is -0.648. The van der Waals surface area contributed by atoms with Crippen LogP contribution < -0.4 is 4.74 Å². The molecule has 0 amide bonds. The van der Waals surface area contributed by atoms with Crippen LogP contribution in [0.2, 0.25) is 5.02 Å². The summed E-state index contributed by atoms with van der Waals surface area (Å²) in [5.74, 6) is 0.101. The zero-order chi connectivity index (χ0) is 11.4. The Hall–Kier alpha value is -1.98. The Bertz CT molecular complexity index is 456.